The first-order chi connectivity index (χ1) is 10.2. The molecule has 0 N–H and O–H groups in total. The lowest BCUT2D eigenvalue weighted by atomic mass is 9.99. The van der Waals surface area contributed by atoms with Crippen molar-refractivity contribution >= 4 is 23.2 Å². The van der Waals surface area contributed by atoms with Crippen molar-refractivity contribution in [2.45, 2.75) is 38.6 Å². The van der Waals surface area contributed by atoms with Crippen molar-refractivity contribution in [2.24, 2.45) is 5.92 Å². The smallest absolute Gasteiger partial charge is 0.264 e. The van der Waals surface area contributed by atoms with Crippen molar-refractivity contribution in [3.63, 3.8) is 0 Å². The summed E-state index contributed by atoms with van der Waals surface area (Å²) in [5.41, 5.74) is 0. The zero-order valence-electron chi connectivity index (χ0n) is 12.5. The van der Waals surface area contributed by atoms with Gasteiger partial charge in [0, 0.05) is 19.6 Å². The van der Waals surface area contributed by atoms with Crippen LogP contribution in [0.15, 0.2) is 17.5 Å². The molecule has 3 heterocycles. The van der Waals surface area contributed by atoms with Gasteiger partial charge in [-0.2, -0.15) is 0 Å². The van der Waals surface area contributed by atoms with Crippen LogP contribution in [0, 0.1) is 5.92 Å². The van der Waals surface area contributed by atoms with E-state index in [-0.39, 0.29) is 17.9 Å². The summed E-state index contributed by atoms with van der Waals surface area (Å²) in [4.78, 5) is 29.8. The van der Waals surface area contributed by atoms with Gasteiger partial charge in [0.25, 0.3) is 5.91 Å². The first-order valence-electron chi connectivity index (χ1n) is 7.80. The summed E-state index contributed by atoms with van der Waals surface area (Å²) < 4.78 is 0. The number of carbonyl (C=O) groups is 2. The third-order valence-corrected chi connectivity index (χ3v) is 5.36. The minimum absolute atomic E-state index is 0.0194. The number of nitrogens with zero attached hydrogens (tertiary/aromatic N) is 2. The molecule has 2 aliphatic rings. The van der Waals surface area contributed by atoms with E-state index in [1.165, 1.54) is 17.8 Å². The van der Waals surface area contributed by atoms with Gasteiger partial charge in [0.1, 0.15) is 6.04 Å². The molecule has 2 aliphatic heterocycles. The normalized spacial score (nSPS) is 26.1. The summed E-state index contributed by atoms with van der Waals surface area (Å²) in [6.07, 6.45) is 4.02. The molecule has 4 nitrogen and oxygen atoms in total. The lowest BCUT2D eigenvalue weighted by Gasteiger charge is -2.35. The van der Waals surface area contributed by atoms with Gasteiger partial charge in [0.2, 0.25) is 5.91 Å². The highest BCUT2D eigenvalue weighted by atomic mass is 32.1. The van der Waals surface area contributed by atoms with E-state index in [0.717, 1.165) is 37.2 Å². The lowest BCUT2D eigenvalue weighted by Crippen LogP contribution is -2.50. The monoisotopic (exact) mass is 306 g/mol. The number of carbonyl (C=O) groups excluding carboxylic acids is 2. The van der Waals surface area contributed by atoms with Crippen LogP contribution in [-0.2, 0) is 4.79 Å². The average Bonchev–Trinajstić information content (AvgIpc) is 3.17. The molecule has 2 amide bonds. The van der Waals surface area contributed by atoms with Gasteiger partial charge in [0.05, 0.1) is 4.88 Å². The lowest BCUT2D eigenvalue weighted by molar-refractivity contribution is -0.137. The second-order valence-electron chi connectivity index (χ2n) is 6.17. The number of hydrogen-bond acceptors (Lipinski definition) is 3. The Labute approximate surface area is 129 Å². The Morgan fingerprint density at radius 2 is 2.05 bits per heavy atom. The molecule has 0 spiro atoms. The fourth-order valence-electron chi connectivity index (χ4n) is 3.41. The SMILES string of the molecule is CC1CCCN(C(=O)C2CCCN2C(=O)c2cccs2)C1. The summed E-state index contributed by atoms with van der Waals surface area (Å²) in [5, 5.41) is 1.91. The predicted molar refractivity (Wildman–Crippen MR) is 83.4 cm³/mol. The van der Waals surface area contributed by atoms with Crippen LogP contribution in [0.2, 0.25) is 0 Å². The first kappa shape index (κ1) is 14.6. The zero-order chi connectivity index (χ0) is 14.8. The number of amides is 2. The van der Waals surface area contributed by atoms with Gasteiger partial charge >= 0.3 is 0 Å². The van der Waals surface area contributed by atoms with Crippen LogP contribution in [0.25, 0.3) is 0 Å². The number of rotatable bonds is 2. The Kier molecular flexibility index (Phi) is 4.29. The van der Waals surface area contributed by atoms with E-state index in [9.17, 15) is 9.59 Å². The quantitative estimate of drug-likeness (QED) is 0.842. The summed E-state index contributed by atoms with van der Waals surface area (Å²) in [6.45, 7) is 4.59. The fraction of sp³-hybridized carbons (Fsp3) is 0.625. The standard InChI is InChI=1S/C16H22N2O2S/c1-12-5-2-8-17(11-12)15(19)13-6-3-9-18(13)16(20)14-7-4-10-21-14/h4,7,10,12-13H,2-3,5-6,8-9,11H2,1H3. The van der Waals surface area contributed by atoms with E-state index in [1.807, 2.05) is 22.4 Å². The van der Waals surface area contributed by atoms with Crippen molar-refractivity contribution in [3.05, 3.63) is 22.4 Å². The Morgan fingerprint density at radius 3 is 2.76 bits per heavy atom. The Bertz CT molecular complexity index is 514. The minimum atomic E-state index is -0.245. The molecule has 2 fully saturated rings. The first-order valence-corrected chi connectivity index (χ1v) is 8.68. The third-order valence-electron chi connectivity index (χ3n) is 4.50. The summed E-state index contributed by atoms with van der Waals surface area (Å²) in [5.74, 6) is 0.750. The van der Waals surface area contributed by atoms with Gasteiger partial charge < -0.3 is 9.80 Å². The highest BCUT2D eigenvalue weighted by Gasteiger charge is 2.37. The minimum Gasteiger partial charge on any atom is -0.341 e. The largest absolute Gasteiger partial charge is 0.341 e. The van der Waals surface area contributed by atoms with Crippen molar-refractivity contribution in [3.8, 4) is 0 Å². The van der Waals surface area contributed by atoms with Crippen LogP contribution in [0.4, 0.5) is 0 Å². The predicted octanol–water partition coefficient (Wildman–Crippen LogP) is 2.61. The molecule has 2 unspecified atom stereocenters. The maximum absolute atomic E-state index is 12.8. The molecule has 0 saturated carbocycles. The summed E-state index contributed by atoms with van der Waals surface area (Å²) >= 11 is 1.45. The molecule has 5 heteroatoms. The molecule has 21 heavy (non-hydrogen) atoms. The van der Waals surface area contributed by atoms with Crippen LogP contribution in [0.5, 0.6) is 0 Å². The van der Waals surface area contributed by atoms with Crippen LogP contribution in [0.1, 0.15) is 42.3 Å². The molecule has 0 bridgehead atoms. The third kappa shape index (κ3) is 2.98. The maximum atomic E-state index is 12.8. The fourth-order valence-corrected chi connectivity index (χ4v) is 4.09. The Morgan fingerprint density at radius 1 is 1.24 bits per heavy atom. The van der Waals surface area contributed by atoms with E-state index in [1.54, 1.807) is 4.90 Å². The van der Waals surface area contributed by atoms with Crippen LogP contribution in [0.3, 0.4) is 0 Å². The second-order valence-corrected chi connectivity index (χ2v) is 7.11. The van der Waals surface area contributed by atoms with Gasteiger partial charge in [0.15, 0.2) is 0 Å². The number of thiophene rings is 1. The number of piperidine rings is 1. The molecule has 2 atom stereocenters. The Hall–Kier alpha value is -1.36. The van der Waals surface area contributed by atoms with Crippen molar-refractivity contribution in [1.29, 1.82) is 0 Å². The van der Waals surface area contributed by atoms with E-state index >= 15 is 0 Å². The molecule has 114 valence electrons. The molecule has 1 aromatic heterocycles. The van der Waals surface area contributed by atoms with Crippen LogP contribution in [-0.4, -0.2) is 47.3 Å². The van der Waals surface area contributed by atoms with Gasteiger partial charge in [-0.15, -0.1) is 11.3 Å². The maximum Gasteiger partial charge on any atom is 0.264 e. The Balaban J connectivity index is 1.71. The molecule has 1 aromatic rings. The zero-order valence-corrected chi connectivity index (χ0v) is 13.3. The van der Waals surface area contributed by atoms with Gasteiger partial charge in [-0.3, -0.25) is 9.59 Å². The summed E-state index contributed by atoms with van der Waals surface area (Å²) in [7, 11) is 0. The highest BCUT2D eigenvalue weighted by molar-refractivity contribution is 7.12. The van der Waals surface area contributed by atoms with Crippen LogP contribution >= 0.6 is 11.3 Å². The van der Waals surface area contributed by atoms with Crippen molar-refractivity contribution < 1.29 is 9.59 Å². The topological polar surface area (TPSA) is 40.6 Å². The summed E-state index contributed by atoms with van der Waals surface area (Å²) in [6, 6.07) is 3.48. The van der Waals surface area contributed by atoms with Gasteiger partial charge in [-0.25, -0.2) is 0 Å². The average molecular weight is 306 g/mol. The second kappa shape index (κ2) is 6.18. The van der Waals surface area contributed by atoms with E-state index in [2.05, 4.69) is 6.92 Å². The van der Waals surface area contributed by atoms with Gasteiger partial charge in [-0.05, 0) is 43.0 Å². The molecule has 2 saturated heterocycles. The van der Waals surface area contributed by atoms with Crippen molar-refractivity contribution in [1.82, 2.24) is 9.80 Å². The van der Waals surface area contributed by atoms with E-state index < -0.39 is 0 Å². The van der Waals surface area contributed by atoms with E-state index in [0.29, 0.717) is 12.5 Å². The van der Waals surface area contributed by atoms with Crippen LogP contribution < -0.4 is 0 Å². The molecule has 0 aliphatic carbocycles. The number of likely N-dealkylation sites (tertiary alicyclic amines) is 2. The molecule has 0 radical (unpaired) electrons. The molecule has 0 aromatic carbocycles. The molecular formula is C16H22N2O2S. The highest BCUT2D eigenvalue weighted by Crippen LogP contribution is 2.25. The molecule has 3 rings (SSSR count). The van der Waals surface area contributed by atoms with Gasteiger partial charge in [-0.1, -0.05) is 13.0 Å². The number of hydrogen-bond donors (Lipinski definition) is 0. The van der Waals surface area contributed by atoms with E-state index in [4.69, 9.17) is 0 Å². The van der Waals surface area contributed by atoms with Crippen molar-refractivity contribution in [2.75, 3.05) is 19.6 Å². The molecular weight excluding hydrogens is 284 g/mol.